The zero-order chi connectivity index (χ0) is 9.42. The van der Waals surface area contributed by atoms with Gasteiger partial charge < -0.3 is 10.0 Å². The van der Waals surface area contributed by atoms with Crippen molar-refractivity contribution in [3.8, 4) is 0 Å². The molecule has 3 atom stereocenters. The third-order valence-corrected chi connectivity index (χ3v) is 3.43. The first-order chi connectivity index (χ1) is 6.22. The van der Waals surface area contributed by atoms with Crippen LogP contribution in [-0.2, 0) is 4.79 Å². The van der Waals surface area contributed by atoms with Crippen LogP contribution >= 0.6 is 0 Å². The van der Waals surface area contributed by atoms with E-state index in [0.717, 1.165) is 25.8 Å². The summed E-state index contributed by atoms with van der Waals surface area (Å²) in [7, 11) is 0. The topological polar surface area (TPSA) is 40.5 Å². The summed E-state index contributed by atoms with van der Waals surface area (Å²) in [5, 5.41) is 9.80. The van der Waals surface area contributed by atoms with E-state index < -0.39 is 0 Å². The Labute approximate surface area is 78.7 Å². The van der Waals surface area contributed by atoms with Crippen molar-refractivity contribution in [2.24, 2.45) is 5.92 Å². The van der Waals surface area contributed by atoms with Gasteiger partial charge in [0.05, 0.1) is 12.1 Å². The van der Waals surface area contributed by atoms with Crippen LogP contribution in [0.4, 0.5) is 0 Å². The zero-order valence-electron chi connectivity index (χ0n) is 8.07. The van der Waals surface area contributed by atoms with Crippen molar-refractivity contribution in [1.82, 2.24) is 4.90 Å². The average Bonchev–Trinajstić information content (AvgIpc) is 2.48. The highest BCUT2D eigenvalue weighted by Gasteiger charge is 2.40. The number of hydrogen-bond acceptors (Lipinski definition) is 2. The Morgan fingerprint density at radius 3 is 3.08 bits per heavy atom. The molecule has 0 aromatic rings. The van der Waals surface area contributed by atoms with Gasteiger partial charge in [0.2, 0.25) is 5.91 Å². The van der Waals surface area contributed by atoms with Gasteiger partial charge >= 0.3 is 0 Å². The van der Waals surface area contributed by atoms with Crippen LogP contribution < -0.4 is 0 Å². The van der Waals surface area contributed by atoms with Gasteiger partial charge in [0.25, 0.3) is 0 Å². The number of nitrogens with zero attached hydrogens (tertiary/aromatic N) is 1. The molecule has 2 rings (SSSR count). The third kappa shape index (κ3) is 1.46. The highest BCUT2D eigenvalue weighted by atomic mass is 16.3. The van der Waals surface area contributed by atoms with E-state index in [-0.39, 0.29) is 18.1 Å². The van der Waals surface area contributed by atoms with E-state index in [9.17, 15) is 9.90 Å². The van der Waals surface area contributed by atoms with Crippen LogP contribution in [0.15, 0.2) is 0 Å². The van der Waals surface area contributed by atoms with Crippen molar-refractivity contribution in [2.75, 3.05) is 6.54 Å². The van der Waals surface area contributed by atoms with Crippen molar-refractivity contribution in [2.45, 2.75) is 44.8 Å². The predicted octanol–water partition coefficient (Wildman–Crippen LogP) is 0.768. The van der Waals surface area contributed by atoms with E-state index in [1.165, 1.54) is 0 Å². The van der Waals surface area contributed by atoms with Crippen LogP contribution in [0, 0.1) is 5.92 Å². The number of aliphatic hydroxyl groups is 1. The molecule has 0 aliphatic carbocycles. The highest BCUT2D eigenvalue weighted by Crippen LogP contribution is 2.31. The van der Waals surface area contributed by atoms with Crippen molar-refractivity contribution >= 4 is 5.91 Å². The summed E-state index contributed by atoms with van der Waals surface area (Å²) >= 11 is 0. The number of carbonyl (C=O) groups excluding carboxylic acids is 1. The number of hydrogen-bond donors (Lipinski definition) is 1. The van der Waals surface area contributed by atoms with Crippen LogP contribution in [0.5, 0.6) is 0 Å². The highest BCUT2D eigenvalue weighted by molar-refractivity contribution is 5.79. The lowest BCUT2D eigenvalue weighted by Crippen LogP contribution is -2.49. The second kappa shape index (κ2) is 3.29. The van der Waals surface area contributed by atoms with Gasteiger partial charge in [-0.15, -0.1) is 0 Å². The van der Waals surface area contributed by atoms with E-state index in [1.807, 2.05) is 4.90 Å². The molecule has 0 aromatic carbocycles. The minimum atomic E-state index is -0.273. The Hall–Kier alpha value is -0.570. The fourth-order valence-electron chi connectivity index (χ4n) is 2.54. The van der Waals surface area contributed by atoms with Gasteiger partial charge in [0, 0.05) is 13.0 Å². The van der Waals surface area contributed by atoms with Crippen molar-refractivity contribution in [1.29, 1.82) is 0 Å². The largest absolute Gasteiger partial charge is 0.391 e. The Kier molecular flexibility index (Phi) is 2.28. The number of amides is 1. The number of fused-ring (bicyclic) bond motifs is 1. The molecule has 2 saturated heterocycles. The van der Waals surface area contributed by atoms with Gasteiger partial charge in [0.1, 0.15) is 0 Å². The minimum absolute atomic E-state index is 0.135. The van der Waals surface area contributed by atoms with Gasteiger partial charge in [0.15, 0.2) is 0 Å². The van der Waals surface area contributed by atoms with Crippen LogP contribution in [0.1, 0.15) is 32.6 Å². The summed E-state index contributed by atoms with van der Waals surface area (Å²) in [6.07, 6.45) is 3.16. The van der Waals surface area contributed by atoms with Gasteiger partial charge in [-0.05, 0) is 18.8 Å². The van der Waals surface area contributed by atoms with Crippen molar-refractivity contribution in [3.63, 3.8) is 0 Å². The maximum absolute atomic E-state index is 11.4. The first kappa shape index (κ1) is 9.00. The lowest BCUT2D eigenvalue weighted by molar-refractivity contribution is -0.133. The second-order valence-corrected chi connectivity index (χ2v) is 4.23. The van der Waals surface area contributed by atoms with Crippen LogP contribution in [0.3, 0.4) is 0 Å². The molecule has 0 radical (unpaired) electrons. The van der Waals surface area contributed by atoms with E-state index in [2.05, 4.69) is 6.92 Å². The summed E-state index contributed by atoms with van der Waals surface area (Å²) in [4.78, 5) is 13.3. The third-order valence-electron chi connectivity index (χ3n) is 3.43. The smallest absolute Gasteiger partial charge is 0.222 e. The monoisotopic (exact) mass is 183 g/mol. The summed E-state index contributed by atoms with van der Waals surface area (Å²) < 4.78 is 0. The average molecular weight is 183 g/mol. The quantitative estimate of drug-likeness (QED) is 0.652. The lowest BCUT2D eigenvalue weighted by Gasteiger charge is -2.38. The number of rotatable bonds is 1. The van der Waals surface area contributed by atoms with E-state index in [4.69, 9.17) is 0 Å². The molecule has 0 aromatic heterocycles. The Morgan fingerprint density at radius 2 is 2.38 bits per heavy atom. The fourth-order valence-corrected chi connectivity index (χ4v) is 2.54. The standard InChI is InChI=1S/C10H17NO2/c1-2-7-5-9(12)8-3-4-10(13)11(8)6-7/h7-9,12H,2-6H2,1H3/t7-,8+,9+/m1/s1. The van der Waals surface area contributed by atoms with Gasteiger partial charge in [-0.2, -0.15) is 0 Å². The molecular weight excluding hydrogens is 166 g/mol. The van der Waals surface area contributed by atoms with Crippen molar-refractivity contribution < 1.29 is 9.90 Å². The molecule has 13 heavy (non-hydrogen) atoms. The van der Waals surface area contributed by atoms with Crippen LogP contribution in [-0.4, -0.2) is 34.6 Å². The molecule has 0 bridgehead atoms. The van der Waals surface area contributed by atoms with Crippen LogP contribution in [0.2, 0.25) is 0 Å². The number of carbonyl (C=O) groups is 1. The molecule has 0 saturated carbocycles. The molecule has 0 unspecified atom stereocenters. The lowest BCUT2D eigenvalue weighted by atomic mass is 9.89. The van der Waals surface area contributed by atoms with Gasteiger partial charge in [-0.25, -0.2) is 0 Å². The molecule has 2 aliphatic heterocycles. The normalized spacial score (nSPS) is 39.4. The molecule has 2 aliphatic rings. The summed E-state index contributed by atoms with van der Waals surface area (Å²) in [6.45, 7) is 3.00. The molecule has 0 spiro atoms. The summed E-state index contributed by atoms with van der Waals surface area (Å²) in [5.74, 6) is 0.746. The molecule has 1 amide bonds. The molecule has 3 heteroatoms. The molecule has 74 valence electrons. The molecule has 2 fully saturated rings. The minimum Gasteiger partial charge on any atom is -0.391 e. The second-order valence-electron chi connectivity index (χ2n) is 4.23. The van der Waals surface area contributed by atoms with Crippen molar-refractivity contribution in [3.05, 3.63) is 0 Å². The van der Waals surface area contributed by atoms with E-state index >= 15 is 0 Å². The Balaban J connectivity index is 2.09. The molecule has 2 heterocycles. The molecule has 3 nitrogen and oxygen atoms in total. The first-order valence-corrected chi connectivity index (χ1v) is 5.20. The SMILES string of the molecule is CC[C@@H]1C[C@H](O)[C@@H]2CCC(=O)N2C1. The molecule has 1 N–H and O–H groups in total. The molecular formula is C10H17NO2. The number of piperidine rings is 1. The van der Waals surface area contributed by atoms with Crippen LogP contribution in [0.25, 0.3) is 0 Å². The zero-order valence-corrected chi connectivity index (χ0v) is 8.07. The maximum Gasteiger partial charge on any atom is 0.222 e. The first-order valence-electron chi connectivity index (χ1n) is 5.20. The Morgan fingerprint density at radius 1 is 1.62 bits per heavy atom. The Bertz CT molecular complexity index is 217. The van der Waals surface area contributed by atoms with Gasteiger partial charge in [-0.3, -0.25) is 4.79 Å². The van der Waals surface area contributed by atoms with Gasteiger partial charge in [-0.1, -0.05) is 13.3 Å². The van der Waals surface area contributed by atoms with E-state index in [0.29, 0.717) is 12.3 Å². The number of aliphatic hydroxyl groups excluding tert-OH is 1. The fraction of sp³-hybridized carbons (Fsp3) is 0.900. The maximum atomic E-state index is 11.4. The predicted molar refractivity (Wildman–Crippen MR) is 49.1 cm³/mol. The van der Waals surface area contributed by atoms with E-state index in [1.54, 1.807) is 0 Å². The summed E-state index contributed by atoms with van der Waals surface area (Å²) in [6, 6.07) is 0.135. The summed E-state index contributed by atoms with van der Waals surface area (Å²) in [5.41, 5.74) is 0.